The predicted molar refractivity (Wildman–Crippen MR) is 95.5 cm³/mol. The lowest BCUT2D eigenvalue weighted by Gasteiger charge is -2.27. The number of nitrogens with two attached hydrogens (primary N) is 1. The number of guanidine groups is 1. The fourth-order valence-corrected chi connectivity index (χ4v) is 3.38. The Kier molecular flexibility index (Phi) is 5.83. The van der Waals surface area contributed by atoms with E-state index < -0.39 is 0 Å². The summed E-state index contributed by atoms with van der Waals surface area (Å²) >= 11 is 1.98. The van der Waals surface area contributed by atoms with Gasteiger partial charge in [0.25, 0.3) is 0 Å². The van der Waals surface area contributed by atoms with Crippen molar-refractivity contribution in [3.8, 4) is 5.75 Å². The van der Waals surface area contributed by atoms with Crippen LogP contribution in [-0.4, -0.2) is 48.6 Å². The highest BCUT2D eigenvalue weighted by Crippen LogP contribution is 2.33. The van der Waals surface area contributed by atoms with Crippen LogP contribution in [0.25, 0.3) is 0 Å². The van der Waals surface area contributed by atoms with Crippen molar-refractivity contribution in [2.75, 3.05) is 37.7 Å². The van der Waals surface area contributed by atoms with Crippen LogP contribution in [0.2, 0.25) is 0 Å². The molecule has 4 nitrogen and oxygen atoms in total. The van der Waals surface area contributed by atoms with Gasteiger partial charge in [-0.3, -0.25) is 4.99 Å². The molecule has 3 rings (SSSR count). The molecule has 20 heavy (non-hydrogen) atoms. The molecule has 0 bridgehead atoms. The first-order chi connectivity index (χ1) is 9.34. The van der Waals surface area contributed by atoms with Crippen molar-refractivity contribution >= 4 is 41.7 Å². The number of benzene rings is 1. The lowest BCUT2D eigenvalue weighted by molar-refractivity contribution is 0.332. The van der Waals surface area contributed by atoms with Crippen LogP contribution in [0.3, 0.4) is 0 Å². The molecule has 1 aromatic rings. The van der Waals surface area contributed by atoms with Crippen LogP contribution in [0.1, 0.15) is 11.5 Å². The van der Waals surface area contributed by atoms with E-state index in [-0.39, 0.29) is 24.0 Å². The number of aliphatic imine (C=N–C) groups is 1. The van der Waals surface area contributed by atoms with Gasteiger partial charge in [0.1, 0.15) is 5.75 Å². The van der Waals surface area contributed by atoms with Crippen LogP contribution in [0.4, 0.5) is 0 Å². The SMILES string of the molecule is I.NC(=NCC1COc2ccccc21)N1CCSCC1. The Morgan fingerprint density at radius 1 is 1.35 bits per heavy atom. The smallest absolute Gasteiger partial charge is 0.191 e. The number of rotatable bonds is 2. The molecule has 0 amide bonds. The molecule has 0 radical (unpaired) electrons. The summed E-state index contributed by atoms with van der Waals surface area (Å²) in [6, 6.07) is 8.19. The molecule has 2 aliphatic heterocycles. The molecule has 2 aliphatic rings. The van der Waals surface area contributed by atoms with Gasteiger partial charge < -0.3 is 15.4 Å². The van der Waals surface area contributed by atoms with E-state index in [1.165, 1.54) is 5.56 Å². The standard InChI is InChI=1S/C14H19N3OS.HI/c15-14(17-5-7-19-8-6-17)16-9-11-10-18-13-4-2-1-3-12(11)13;/h1-4,11H,5-10H2,(H2,15,16);1H. The summed E-state index contributed by atoms with van der Waals surface area (Å²) in [7, 11) is 0. The maximum absolute atomic E-state index is 6.07. The van der Waals surface area contributed by atoms with Crippen molar-refractivity contribution in [3.05, 3.63) is 29.8 Å². The Morgan fingerprint density at radius 3 is 2.90 bits per heavy atom. The molecular formula is C14H20IN3OS. The van der Waals surface area contributed by atoms with Gasteiger partial charge in [-0.15, -0.1) is 24.0 Å². The topological polar surface area (TPSA) is 50.9 Å². The molecular weight excluding hydrogens is 385 g/mol. The average molecular weight is 405 g/mol. The fraction of sp³-hybridized carbons (Fsp3) is 0.500. The van der Waals surface area contributed by atoms with Gasteiger partial charge in [0.15, 0.2) is 5.96 Å². The van der Waals surface area contributed by atoms with Crippen molar-refractivity contribution in [2.24, 2.45) is 10.7 Å². The molecule has 110 valence electrons. The molecule has 0 aliphatic carbocycles. The third-order valence-corrected chi connectivity index (χ3v) is 4.55. The minimum Gasteiger partial charge on any atom is -0.493 e. The monoisotopic (exact) mass is 405 g/mol. The highest BCUT2D eigenvalue weighted by atomic mass is 127. The number of fused-ring (bicyclic) bond motifs is 1. The molecule has 1 atom stereocenters. The van der Waals surface area contributed by atoms with Crippen LogP contribution >= 0.6 is 35.7 Å². The Morgan fingerprint density at radius 2 is 2.10 bits per heavy atom. The molecule has 0 saturated carbocycles. The lowest BCUT2D eigenvalue weighted by atomic mass is 10.0. The van der Waals surface area contributed by atoms with Crippen molar-refractivity contribution in [2.45, 2.75) is 5.92 Å². The van der Waals surface area contributed by atoms with Crippen molar-refractivity contribution < 1.29 is 4.74 Å². The van der Waals surface area contributed by atoms with Gasteiger partial charge in [-0.2, -0.15) is 11.8 Å². The van der Waals surface area contributed by atoms with Gasteiger partial charge in [0, 0.05) is 36.1 Å². The van der Waals surface area contributed by atoms with Crippen LogP contribution < -0.4 is 10.5 Å². The van der Waals surface area contributed by atoms with Crippen LogP contribution in [-0.2, 0) is 0 Å². The quantitative estimate of drug-likeness (QED) is 0.466. The molecule has 2 heterocycles. The average Bonchev–Trinajstić information content (AvgIpc) is 2.89. The van der Waals surface area contributed by atoms with Gasteiger partial charge in [-0.1, -0.05) is 18.2 Å². The summed E-state index contributed by atoms with van der Waals surface area (Å²) in [5.74, 6) is 4.31. The van der Waals surface area contributed by atoms with Gasteiger partial charge in [-0.25, -0.2) is 0 Å². The largest absolute Gasteiger partial charge is 0.493 e. The van der Waals surface area contributed by atoms with Gasteiger partial charge in [0.2, 0.25) is 0 Å². The Labute approximate surface area is 141 Å². The predicted octanol–water partition coefficient (Wildman–Crippen LogP) is 2.14. The lowest BCUT2D eigenvalue weighted by Crippen LogP contribution is -2.42. The Bertz CT molecular complexity index is 477. The molecule has 1 aromatic carbocycles. The maximum Gasteiger partial charge on any atom is 0.191 e. The minimum absolute atomic E-state index is 0. The first-order valence-electron chi connectivity index (χ1n) is 6.69. The zero-order valence-electron chi connectivity index (χ0n) is 11.3. The van der Waals surface area contributed by atoms with E-state index >= 15 is 0 Å². The van der Waals surface area contributed by atoms with Crippen molar-refractivity contribution in [3.63, 3.8) is 0 Å². The highest BCUT2D eigenvalue weighted by molar-refractivity contribution is 14.0. The summed E-state index contributed by atoms with van der Waals surface area (Å²) in [6.07, 6.45) is 0. The van der Waals surface area contributed by atoms with E-state index in [2.05, 4.69) is 22.0 Å². The Balaban J connectivity index is 0.00000147. The molecule has 1 fully saturated rings. The molecule has 2 N–H and O–H groups in total. The number of hydrogen-bond acceptors (Lipinski definition) is 3. The molecule has 1 saturated heterocycles. The van der Waals surface area contributed by atoms with E-state index in [0.29, 0.717) is 25.0 Å². The van der Waals surface area contributed by atoms with E-state index in [9.17, 15) is 0 Å². The normalized spacial score (nSPS) is 21.9. The third-order valence-electron chi connectivity index (χ3n) is 3.61. The van der Waals surface area contributed by atoms with Gasteiger partial charge in [0.05, 0.1) is 13.2 Å². The zero-order valence-corrected chi connectivity index (χ0v) is 14.5. The van der Waals surface area contributed by atoms with Gasteiger partial charge >= 0.3 is 0 Å². The van der Waals surface area contributed by atoms with Crippen molar-refractivity contribution in [1.29, 1.82) is 0 Å². The van der Waals surface area contributed by atoms with E-state index in [4.69, 9.17) is 10.5 Å². The zero-order chi connectivity index (χ0) is 13.1. The highest BCUT2D eigenvalue weighted by Gasteiger charge is 2.23. The number of thioether (sulfide) groups is 1. The second kappa shape index (κ2) is 7.40. The van der Waals surface area contributed by atoms with Crippen LogP contribution in [0.5, 0.6) is 5.75 Å². The number of para-hydroxylation sites is 1. The number of hydrogen-bond donors (Lipinski definition) is 1. The summed E-state index contributed by atoms with van der Waals surface area (Å²) < 4.78 is 5.66. The molecule has 0 aromatic heterocycles. The maximum atomic E-state index is 6.07. The van der Waals surface area contributed by atoms with E-state index in [1.54, 1.807) is 0 Å². The number of ether oxygens (including phenoxy) is 1. The Hall–Kier alpha value is -0.630. The second-order valence-corrected chi connectivity index (χ2v) is 6.07. The summed E-state index contributed by atoms with van der Waals surface area (Å²) in [4.78, 5) is 6.74. The molecule has 6 heteroatoms. The van der Waals surface area contributed by atoms with Crippen LogP contribution in [0.15, 0.2) is 29.3 Å². The third kappa shape index (κ3) is 3.52. The number of nitrogens with zero attached hydrogens (tertiary/aromatic N) is 2. The summed E-state index contributed by atoms with van der Waals surface area (Å²) in [5, 5.41) is 0. The first kappa shape index (κ1) is 15.8. The summed E-state index contributed by atoms with van der Waals surface area (Å²) in [5.41, 5.74) is 7.33. The minimum atomic E-state index is 0. The fourth-order valence-electron chi connectivity index (χ4n) is 2.48. The van der Waals surface area contributed by atoms with Gasteiger partial charge in [-0.05, 0) is 6.07 Å². The molecule has 0 spiro atoms. The van der Waals surface area contributed by atoms with Crippen molar-refractivity contribution in [1.82, 2.24) is 4.90 Å². The number of halogens is 1. The first-order valence-corrected chi connectivity index (χ1v) is 7.84. The second-order valence-electron chi connectivity index (χ2n) is 4.84. The molecule has 1 unspecified atom stereocenters. The summed E-state index contributed by atoms with van der Waals surface area (Å²) in [6.45, 7) is 3.45. The van der Waals surface area contributed by atoms with E-state index in [0.717, 1.165) is 30.3 Å². The van der Waals surface area contributed by atoms with Crippen LogP contribution in [0, 0.1) is 0 Å². The van der Waals surface area contributed by atoms with E-state index in [1.807, 2.05) is 23.9 Å².